The van der Waals surface area contributed by atoms with E-state index in [1.165, 1.54) is 0 Å². The number of carbonyl (C=O) groups excluding carboxylic acids is 1. The van der Waals surface area contributed by atoms with Crippen molar-refractivity contribution in [3.8, 4) is 0 Å². The van der Waals surface area contributed by atoms with E-state index in [1.54, 1.807) is 0 Å². The summed E-state index contributed by atoms with van der Waals surface area (Å²) >= 11 is 0. The van der Waals surface area contributed by atoms with Crippen LogP contribution in [0.4, 0.5) is 0 Å². The predicted molar refractivity (Wildman–Crippen MR) is 142 cm³/mol. The number of rotatable bonds is 27. The smallest absolute Gasteiger partial charge is 0.305 e. The lowest BCUT2D eigenvalue weighted by Gasteiger charge is -2.32. The second-order valence-electron chi connectivity index (χ2n) is 9.62. The molecule has 216 valence electrons. The quantitative estimate of drug-likeness (QED) is 0.0934. The van der Waals surface area contributed by atoms with Gasteiger partial charge in [-0.3, -0.25) is 4.79 Å². The molecule has 0 heterocycles. The molecule has 0 aromatic heterocycles. The topological polar surface area (TPSA) is 126 Å². The van der Waals surface area contributed by atoms with Crippen LogP contribution in [0.3, 0.4) is 0 Å². The van der Waals surface area contributed by atoms with E-state index < -0.39 is 24.4 Å². The number of hydrogen-bond donors (Lipinski definition) is 4. The van der Waals surface area contributed by atoms with Crippen LogP contribution in [-0.2, 0) is 19.0 Å². The summed E-state index contributed by atoms with van der Waals surface area (Å²) in [6.45, 7) is 5.46. The molecule has 0 aromatic carbocycles. The Morgan fingerprint density at radius 2 is 1.11 bits per heavy atom. The van der Waals surface area contributed by atoms with Gasteiger partial charge in [0.25, 0.3) is 0 Å². The SMILES string of the molecule is CCCCCCC(OCCCCO)C(O)C(O)C(CCCCCCCC(=O)OCC)OCCCCO. The highest BCUT2D eigenvalue weighted by Crippen LogP contribution is 2.21. The van der Waals surface area contributed by atoms with E-state index in [4.69, 9.17) is 24.4 Å². The summed E-state index contributed by atoms with van der Waals surface area (Å²) in [7, 11) is 0. The maximum absolute atomic E-state index is 11.4. The molecule has 0 spiro atoms. The summed E-state index contributed by atoms with van der Waals surface area (Å²) < 4.78 is 16.9. The first kappa shape index (κ1) is 35.2. The maximum atomic E-state index is 11.4. The minimum absolute atomic E-state index is 0.104. The Morgan fingerprint density at radius 1 is 0.639 bits per heavy atom. The van der Waals surface area contributed by atoms with E-state index in [9.17, 15) is 15.0 Å². The van der Waals surface area contributed by atoms with Crippen molar-refractivity contribution in [2.24, 2.45) is 0 Å². The summed E-state index contributed by atoms with van der Waals surface area (Å²) in [6.07, 6.45) is 10.2. The van der Waals surface area contributed by atoms with Gasteiger partial charge in [-0.1, -0.05) is 58.3 Å². The molecule has 8 nitrogen and oxygen atoms in total. The minimum atomic E-state index is -1.06. The van der Waals surface area contributed by atoms with Crippen molar-refractivity contribution in [3.05, 3.63) is 0 Å². The molecular weight excluding hydrogens is 464 g/mol. The molecule has 0 radical (unpaired) electrons. The Hall–Kier alpha value is -0.770. The molecule has 0 amide bonds. The van der Waals surface area contributed by atoms with E-state index in [0.29, 0.717) is 64.8 Å². The van der Waals surface area contributed by atoms with E-state index in [0.717, 1.165) is 57.8 Å². The van der Waals surface area contributed by atoms with Crippen LogP contribution in [0, 0.1) is 0 Å². The van der Waals surface area contributed by atoms with Gasteiger partial charge >= 0.3 is 5.97 Å². The number of aliphatic hydroxyl groups excluding tert-OH is 4. The fraction of sp³-hybridized carbons (Fsp3) is 0.964. The third-order valence-electron chi connectivity index (χ3n) is 6.40. The fourth-order valence-corrected chi connectivity index (χ4v) is 4.19. The third-order valence-corrected chi connectivity index (χ3v) is 6.40. The van der Waals surface area contributed by atoms with Crippen LogP contribution in [0.2, 0.25) is 0 Å². The molecule has 0 aliphatic carbocycles. The van der Waals surface area contributed by atoms with Gasteiger partial charge in [0.1, 0.15) is 12.2 Å². The van der Waals surface area contributed by atoms with Crippen LogP contribution in [0.1, 0.15) is 117 Å². The molecule has 4 N–H and O–H groups in total. The highest BCUT2D eigenvalue weighted by Gasteiger charge is 2.33. The summed E-state index contributed by atoms with van der Waals surface area (Å²) in [5.74, 6) is -0.145. The van der Waals surface area contributed by atoms with Crippen molar-refractivity contribution in [2.75, 3.05) is 33.0 Å². The van der Waals surface area contributed by atoms with Gasteiger partial charge in [0.15, 0.2) is 0 Å². The Balaban J connectivity index is 4.77. The Bertz CT molecular complexity index is 464. The van der Waals surface area contributed by atoms with Gasteiger partial charge in [0.05, 0.1) is 18.8 Å². The Morgan fingerprint density at radius 3 is 1.58 bits per heavy atom. The van der Waals surface area contributed by atoms with Crippen molar-refractivity contribution in [1.29, 1.82) is 0 Å². The molecule has 4 atom stereocenters. The van der Waals surface area contributed by atoms with Crippen molar-refractivity contribution in [2.45, 2.75) is 141 Å². The molecule has 0 saturated carbocycles. The molecule has 0 fully saturated rings. The van der Waals surface area contributed by atoms with Crippen LogP contribution in [0.25, 0.3) is 0 Å². The van der Waals surface area contributed by atoms with Gasteiger partial charge in [-0.25, -0.2) is 0 Å². The van der Waals surface area contributed by atoms with Crippen LogP contribution in [0.15, 0.2) is 0 Å². The number of hydrogen-bond acceptors (Lipinski definition) is 8. The monoisotopic (exact) mass is 520 g/mol. The van der Waals surface area contributed by atoms with E-state index in [2.05, 4.69) is 6.92 Å². The molecule has 0 aliphatic heterocycles. The van der Waals surface area contributed by atoms with Crippen LogP contribution < -0.4 is 0 Å². The second-order valence-corrected chi connectivity index (χ2v) is 9.62. The minimum Gasteiger partial charge on any atom is -0.466 e. The van der Waals surface area contributed by atoms with Gasteiger partial charge in [-0.2, -0.15) is 0 Å². The molecule has 36 heavy (non-hydrogen) atoms. The van der Waals surface area contributed by atoms with Gasteiger partial charge in [-0.15, -0.1) is 0 Å². The van der Waals surface area contributed by atoms with Crippen molar-refractivity contribution >= 4 is 5.97 Å². The normalized spacial score (nSPS) is 14.9. The number of unbranched alkanes of at least 4 members (excludes halogenated alkanes) is 9. The summed E-state index contributed by atoms with van der Waals surface area (Å²) in [5, 5.41) is 40.2. The van der Waals surface area contributed by atoms with E-state index in [1.807, 2.05) is 6.92 Å². The Kier molecular flexibility index (Phi) is 25.3. The average Bonchev–Trinajstić information content (AvgIpc) is 2.87. The van der Waals surface area contributed by atoms with Crippen LogP contribution in [0.5, 0.6) is 0 Å². The summed E-state index contributed by atoms with van der Waals surface area (Å²) in [6, 6.07) is 0. The first-order valence-corrected chi connectivity index (χ1v) is 14.5. The second kappa shape index (κ2) is 25.9. The van der Waals surface area contributed by atoms with Crippen LogP contribution >= 0.6 is 0 Å². The maximum Gasteiger partial charge on any atom is 0.305 e. The number of carbonyl (C=O) groups is 1. The zero-order valence-corrected chi connectivity index (χ0v) is 23.1. The highest BCUT2D eigenvalue weighted by molar-refractivity contribution is 5.69. The molecule has 0 aliphatic rings. The fourth-order valence-electron chi connectivity index (χ4n) is 4.19. The summed E-state index contributed by atoms with van der Waals surface area (Å²) in [5.41, 5.74) is 0. The zero-order valence-electron chi connectivity index (χ0n) is 23.1. The van der Waals surface area contributed by atoms with Gasteiger partial charge in [-0.05, 0) is 51.9 Å². The Labute approximate surface area is 219 Å². The molecule has 8 heteroatoms. The van der Waals surface area contributed by atoms with E-state index >= 15 is 0 Å². The molecule has 0 bridgehead atoms. The zero-order chi connectivity index (χ0) is 26.9. The van der Waals surface area contributed by atoms with Gasteiger partial charge in [0.2, 0.25) is 0 Å². The van der Waals surface area contributed by atoms with Crippen molar-refractivity contribution in [3.63, 3.8) is 0 Å². The number of ether oxygens (including phenoxy) is 3. The third kappa shape index (κ3) is 19.4. The molecule has 0 rings (SSSR count). The lowest BCUT2D eigenvalue weighted by molar-refractivity contribution is -0.143. The first-order valence-electron chi connectivity index (χ1n) is 14.5. The van der Waals surface area contributed by atoms with Crippen LogP contribution in [-0.4, -0.2) is 83.8 Å². The molecule has 0 aromatic rings. The predicted octanol–water partition coefficient (Wildman–Crippen LogP) is 4.29. The van der Waals surface area contributed by atoms with E-state index in [-0.39, 0.29) is 19.2 Å². The number of aliphatic hydroxyl groups is 4. The summed E-state index contributed by atoms with van der Waals surface area (Å²) in [4.78, 5) is 11.4. The molecule has 4 unspecified atom stereocenters. The highest BCUT2D eigenvalue weighted by atomic mass is 16.5. The average molecular weight is 521 g/mol. The van der Waals surface area contributed by atoms with Gasteiger partial charge < -0.3 is 34.6 Å². The van der Waals surface area contributed by atoms with Crippen molar-refractivity contribution in [1.82, 2.24) is 0 Å². The van der Waals surface area contributed by atoms with Crippen molar-refractivity contribution < 1.29 is 39.4 Å². The number of esters is 1. The largest absolute Gasteiger partial charge is 0.466 e. The van der Waals surface area contributed by atoms with Gasteiger partial charge in [0, 0.05) is 32.8 Å². The first-order chi connectivity index (χ1) is 17.5. The lowest BCUT2D eigenvalue weighted by atomic mass is 9.95. The standard InChI is InChI=1S/C28H56O8/c1-3-5-6-10-17-24(35-22-15-13-20-29)27(32)28(33)25(36-23-16-14-21-30)18-11-8-7-9-12-19-26(31)34-4-2/h24-25,27-30,32-33H,3-23H2,1-2H3. The molecular formula is C28H56O8. The molecule has 0 saturated heterocycles. The lowest BCUT2D eigenvalue weighted by Crippen LogP contribution is -2.46.